The summed E-state index contributed by atoms with van der Waals surface area (Å²) >= 11 is 0. The minimum Gasteiger partial charge on any atom is -0.490 e. The van der Waals surface area contributed by atoms with E-state index in [4.69, 9.17) is 9.47 Å². The van der Waals surface area contributed by atoms with Gasteiger partial charge in [0.15, 0.2) is 0 Å². The summed E-state index contributed by atoms with van der Waals surface area (Å²) in [6.07, 6.45) is 3.29. The van der Waals surface area contributed by atoms with Crippen molar-refractivity contribution in [1.82, 2.24) is 0 Å². The van der Waals surface area contributed by atoms with Crippen LogP contribution in [0.15, 0.2) is 18.2 Å². The highest BCUT2D eigenvalue weighted by Gasteiger charge is 2.29. The Morgan fingerprint density at radius 1 is 1.15 bits per heavy atom. The van der Waals surface area contributed by atoms with Crippen molar-refractivity contribution >= 4 is 12.4 Å². The fourth-order valence-electron chi connectivity index (χ4n) is 2.46. The van der Waals surface area contributed by atoms with Gasteiger partial charge in [-0.15, -0.1) is 0 Å². The molecular formula is C13H16BF4O2-. The third-order valence-electron chi connectivity index (χ3n) is 3.54. The fraction of sp³-hybridized carbons (Fsp3) is 0.538. The van der Waals surface area contributed by atoms with Gasteiger partial charge in [0.25, 0.3) is 0 Å². The van der Waals surface area contributed by atoms with Crippen molar-refractivity contribution in [3.63, 3.8) is 0 Å². The minimum absolute atomic E-state index is 0.0939. The second-order valence-electron chi connectivity index (χ2n) is 5.02. The summed E-state index contributed by atoms with van der Waals surface area (Å²) in [5, 5.41) is 0. The van der Waals surface area contributed by atoms with Gasteiger partial charge in [-0.25, -0.2) is 4.39 Å². The molecule has 2 nitrogen and oxygen atoms in total. The quantitative estimate of drug-likeness (QED) is 0.626. The molecule has 1 saturated carbocycles. The van der Waals surface area contributed by atoms with Crippen LogP contribution in [0.4, 0.5) is 17.3 Å². The molecule has 20 heavy (non-hydrogen) atoms. The average molecular weight is 291 g/mol. The van der Waals surface area contributed by atoms with Crippen LogP contribution in [0.3, 0.4) is 0 Å². The fourth-order valence-corrected chi connectivity index (χ4v) is 2.46. The molecule has 0 saturated heterocycles. The molecule has 1 aliphatic carbocycles. The maximum Gasteiger partial charge on any atom is 0.512 e. The molecule has 0 aromatic heterocycles. The first kappa shape index (κ1) is 15.2. The van der Waals surface area contributed by atoms with Gasteiger partial charge in [0.05, 0.1) is 11.9 Å². The molecule has 0 heterocycles. The van der Waals surface area contributed by atoms with Crippen molar-refractivity contribution in [2.24, 2.45) is 0 Å². The smallest absolute Gasteiger partial charge is 0.490 e. The van der Waals surface area contributed by atoms with Crippen LogP contribution in [0.2, 0.25) is 0 Å². The van der Waals surface area contributed by atoms with E-state index in [-0.39, 0.29) is 18.0 Å². The lowest BCUT2D eigenvalue weighted by atomic mass is 9.80. The standard InChI is InChI=1S/C13H16BF4O2/c1-19-9-3-2-4-10(7-9)20-11-5-6-12(13(15)8-11)14(16,17)18/h5-6,8-10H,2-4,7H2,1H3/q-1. The third kappa shape index (κ3) is 3.65. The molecule has 112 valence electrons. The molecule has 0 N–H and O–H groups in total. The van der Waals surface area contributed by atoms with Crippen LogP contribution in [0.5, 0.6) is 5.75 Å². The van der Waals surface area contributed by atoms with Crippen LogP contribution >= 0.6 is 0 Å². The molecule has 1 fully saturated rings. The summed E-state index contributed by atoms with van der Waals surface area (Å²) in [5.41, 5.74) is -1.21. The number of ether oxygens (including phenoxy) is 2. The normalized spacial score (nSPS) is 23.6. The van der Waals surface area contributed by atoms with Gasteiger partial charge in [0, 0.05) is 19.6 Å². The summed E-state index contributed by atoms with van der Waals surface area (Å²) in [6, 6.07) is 2.71. The monoisotopic (exact) mass is 291 g/mol. The summed E-state index contributed by atoms with van der Waals surface area (Å²) in [6.45, 7) is -5.33. The van der Waals surface area contributed by atoms with Crippen molar-refractivity contribution in [2.45, 2.75) is 37.9 Å². The van der Waals surface area contributed by atoms with Crippen LogP contribution in [0, 0.1) is 5.82 Å². The van der Waals surface area contributed by atoms with E-state index < -0.39 is 18.3 Å². The first-order valence-corrected chi connectivity index (χ1v) is 6.59. The van der Waals surface area contributed by atoms with E-state index in [0.29, 0.717) is 6.42 Å². The van der Waals surface area contributed by atoms with E-state index in [1.54, 1.807) is 7.11 Å². The molecule has 0 radical (unpaired) electrons. The van der Waals surface area contributed by atoms with E-state index in [1.165, 1.54) is 6.07 Å². The van der Waals surface area contributed by atoms with Gasteiger partial charge in [0.1, 0.15) is 11.9 Å². The largest absolute Gasteiger partial charge is 0.512 e. The molecule has 0 bridgehead atoms. The Labute approximate surface area is 115 Å². The number of hydrogen-bond donors (Lipinski definition) is 0. The number of rotatable bonds is 4. The first-order chi connectivity index (χ1) is 9.40. The number of benzene rings is 1. The third-order valence-corrected chi connectivity index (χ3v) is 3.54. The van der Waals surface area contributed by atoms with E-state index in [2.05, 4.69) is 0 Å². The lowest BCUT2D eigenvalue weighted by Gasteiger charge is -2.29. The lowest BCUT2D eigenvalue weighted by Crippen LogP contribution is -2.36. The van der Waals surface area contributed by atoms with E-state index in [1.807, 2.05) is 0 Å². The maximum absolute atomic E-state index is 13.4. The molecular weight excluding hydrogens is 275 g/mol. The van der Waals surface area contributed by atoms with Gasteiger partial charge in [-0.2, -0.15) is 0 Å². The van der Waals surface area contributed by atoms with Gasteiger partial charge in [-0.1, -0.05) is 11.5 Å². The molecule has 2 atom stereocenters. The Balaban J connectivity index is 2.05. The second kappa shape index (κ2) is 6.03. The van der Waals surface area contributed by atoms with Crippen LogP contribution in [-0.4, -0.2) is 26.3 Å². The van der Waals surface area contributed by atoms with E-state index >= 15 is 0 Å². The molecule has 0 amide bonds. The molecule has 7 heteroatoms. The van der Waals surface area contributed by atoms with Gasteiger partial charge in [-0.05, 0) is 25.3 Å². The summed E-state index contributed by atoms with van der Waals surface area (Å²) < 4.78 is 61.7. The van der Waals surface area contributed by atoms with Crippen LogP contribution in [-0.2, 0) is 4.74 Å². The number of hydrogen-bond acceptors (Lipinski definition) is 2. The van der Waals surface area contributed by atoms with E-state index in [9.17, 15) is 17.3 Å². The van der Waals surface area contributed by atoms with Crippen molar-refractivity contribution in [1.29, 1.82) is 0 Å². The average Bonchev–Trinajstić information content (AvgIpc) is 2.37. The Morgan fingerprint density at radius 3 is 2.45 bits per heavy atom. The van der Waals surface area contributed by atoms with Gasteiger partial charge < -0.3 is 22.4 Å². The summed E-state index contributed by atoms with van der Waals surface area (Å²) in [4.78, 5) is 0. The Hall–Kier alpha value is -1.24. The van der Waals surface area contributed by atoms with Crippen molar-refractivity contribution < 1.29 is 26.8 Å². The van der Waals surface area contributed by atoms with Crippen molar-refractivity contribution in [2.75, 3.05) is 7.11 Å². The topological polar surface area (TPSA) is 18.5 Å². The highest BCUT2D eigenvalue weighted by atomic mass is 19.4. The van der Waals surface area contributed by atoms with Crippen LogP contribution in [0.25, 0.3) is 0 Å². The predicted octanol–water partition coefficient (Wildman–Crippen LogP) is 3.22. The molecule has 2 rings (SSSR count). The van der Waals surface area contributed by atoms with Gasteiger partial charge in [-0.3, -0.25) is 0 Å². The Morgan fingerprint density at radius 2 is 1.85 bits per heavy atom. The first-order valence-electron chi connectivity index (χ1n) is 6.59. The molecule has 2 unspecified atom stereocenters. The summed E-state index contributed by atoms with van der Waals surface area (Å²) in [7, 11) is 1.62. The predicted molar refractivity (Wildman–Crippen MR) is 68.8 cm³/mol. The number of methoxy groups -OCH3 is 1. The van der Waals surface area contributed by atoms with Crippen molar-refractivity contribution in [3.8, 4) is 5.75 Å². The van der Waals surface area contributed by atoms with Crippen LogP contribution in [0.1, 0.15) is 25.7 Å². The van der Waals surface area contributed by atoms with Gasteiger partial charge in [0.2, 0.25) is 0 Å². The Bertz CT molecular complexity index is 464. The maximum atomic E-state index is 13.4. The Kier molecular flexibility index (Phi) is 4.57. The highest BCUT2D eigenvalue weighted by molar-refractivity contribution is 6.73. The number of halogens is 4. The molecule has 1 aromatic rings. The van der Waals surface area contributed by atoms with Crippen LogP contribution < -0.4 is 10.2 Å². The zero-order chi connectivity index (χ0) is 14.8. The molecule has 1 aliphatic rings. The van der Waals surface area contributed by atoms with Gasteiger partial charge >= 0.3 is 6.98 Å². The highest BCUT2D eigenvalue weighted by Crippen LogP contribution is 2.26. The molecule has 0 aliphatic heterocycles. The SMILES string of the molecule is COC1CCCC(Oc2ccc([B-](F)(F)F)c(F)c2)C1. The van der Waals surface area contributed by atoms with Crippen molar-refractivity contribution in [3.05, 3.63) is 24.0 Å². The second-order valence-corrected chi connectivity index (χ2v) is 5.02. The zero-order valence-electron chi connectivity index (χ0n) is 11.1. The lowest BCUT2D eigenvalue weighted by molar-refractivity contribution is 0.0209. The van der Waals surface area contributed by atoms with E-state index in [0.717, 1.165) is 31.4 Å². The minimum atomic E-state index is -5.33. The molecule has 0 spiro atoms. The zero-order valence-corrected chi connectivity index (χ0v) is 11.1. The summed E-state index contributed by atoms with van der Waals surface area (Å²) in [5.74, 6) is -1.15. The molecule has 1 aromatic carbocycles.